The Morgan fingerprint density at radius 1 is 1.62 bits per heavy atom. The van der Waals surface area contributed by atoms with Crippen LogP contribution in [0.25, 0.3) is 0 Å². The van der Waals surface area contributed by atoms with Gasteiger partial charge in [0, 0.05) is 13.2 Å². The molecule has 5 nitrogen and oxygen atoms in total. The summed E-state index contributed by atoms with van der Waals surface area (Å²) in [6.07, 6.45) is 1.44. The van der Waals surface area contributed by atoms with Gasteiger partial charge in [0.1, 0.15) is 6.07 Å². The van der Waals surface area contributed by atoms with E-state index in [0.717, 1.165) is 4.31 Å². The molecule has 0 atom stereocenters. The van der Waals surface area contributed by atoms with Gasteiger partial charge in [-0.1, -0.05) is 0 Å². The van der Waals surface area contributed by atoms with Crippen LogP contribution in [0.1, 0.15) is 5.56 Å². The third-order valence-corrected chi connectivity index (χ3v) is 2.14. The van der Waals surface area contributed by atoms with Crippen molar-refractivity contribution in [1.29, 1.82) is 5.26 Å². The lowest BCUT2D eigenvalue weighted by atomic mass is 10.3. The van der Waals surface area contributed by atoms with E-state index in [4.69, 9.17) is 5.26 Å². The highest BCUT2D eigenvalue weighted by Gasteiger charge is 2.08. The first kappa shape index (κ1) is 9.48. The van der Waals surface area contributed by atoms with E-state index in [1.165, 1.54) is 19.3 Å². The summed E-state index contributed by atoms with van der Waals surface area (Å²) in [5.74, 6) is 0.154. The molecule has 0 saturated carbocycles. The average molecular weight is 197 g/mol. The molecular formula is C7H7N3O2S. The van der Waals surface area contributed by atoms with E-state index < -0.39 is 10.9 Å². The maximum atomic E-state index is 10.6. The Hall–Kier alpha value is -1.61. The van der Waals surface area contributed by atoms with Crippen LogP contribution in [-0.4, -0.2) is 20.4 Å². The highest BCUT2D eigenvalue weighted by atomic mass is 32.2. The van der Waals surface area contributed by atoms with Crippen molar-refractivity contribution in [3.63, 3.8) is 0 Å². The van der Waals surface area contributed by atoms with Crippen LogP contribution in [0.2, 0.25) is 0 Å². The van der Waals surface area contributed by atoms with Crippen LogP contribution < -0.4 is 4.31 Å². The second kappa shape index (κ2) is 3.87. The van der Waals surface area contributed by atoms with Crippen LogP contribution in [-0.2, 0) is 10.9 Å². The number of hydrogen-bond donors (Lipinski definition) is 1. The van der Waals surface area contributed by atoms with Crippen LogP contribution >= 0.6 is 0 Å². The molecule has 0 saturated heterocycles. The minimum atomic E-state index is -2.74. The van der Waals surface area contributed by atoms with E-state index in [0.29, 0.717) is 0 Å². The van der Waals surface area contributed by atoms with Gasteiger partial charge in [0.15, 0.2) is 5.82 Å². The molecule has 0 fully saturated rings. The minimum Gasteiger partial charge on any atom is -0.258 e. The number of aromatic nitrogens is 1. The largest absolute Gasteiger partial charge is 0.258 e. The lowest BCUT2D eigenvalue weighted by molar-refractivity contribution is 0.612. The highest BCUT2D eigenvalue weighted by Crippen LogP contribution is 2.13. The van der Waals surface area contributed by atoms with Gasteiger partial charge in [-0.05, 0) is 12.1 Å². The molecule has 1 aromatic heterocycles. The predicted octanol–water partition coefficient (Wildman–Crippen LogP) is -0.0841. The van der Waals surface area contributed by atoms with Crippen molar-refractivity contribution < 1.29 is 8.42 Å². The van der Waals surface area contributed by atoms with Crippen LogP contribution in [0.15, 0.2) is 18.3 Å². The fraction of sp³-hybridized carbons (Fsp3) is 0.143. The molecule has 0 N–H and O–H groups in total. The molecule has 0 aliphatic heterocycles. The lowest BCUT2D eigenvalue weighted by Gasteiger charge is -2.09. The first-order chi connectivity index (χ1) is 6.16. The van der Waals surface area contributed by atoms with E-state index in [9.17, 15) is 8.42 Å². The van der Waals surface area contributed by atoms with E-state index in [1.807, 2.05) is 6.07 Å². The van der Waals surface area contributed by atoms with Crippen molar-refractivity contribution in [3.05, 3.63) is 23.9 Å². The van der Waals surface area contributed by atoms with Crippen LogP contribution in [0.3, 0.4) is 0 Å². The SMILES string of the molecule is CN(c1ncccc1C#N)[SH](=O)=O. The smallest absolute Gasteiger partial charge is 0.225 e. The zero-order valence-electron chi connectivity index (χ0n) is 6.84. The van der Waals surface area contributed by atoms with Gasteiger partial charge >= 0.3 is 0 Å². The van der Waals surface area contributed by atoms with Gasteiger partial charge in [0.05, 0.1) is 5.56 Å². The molecule has 6 heteroatoms. The predicted molar refractivity (Wildman–Crippen MR) is 47.7 cm³/mol. The van der Waals surface area contributed by atoms with Gasteiger partial charge in [0.2, 0.25) is 10.9 Å². The van der Waals surface area contributed by atoms with Crippen molar-refractivity contribution in [2.45, 2.75) is 0 Å². The van der Waals surface area contributed by atoms with Gasteiger partial charge in [0.25, 0.3) is 0 Å². The van der Waals surface area contributed by atoms with E-state index in [2.05, 4.69) is 4.98 Å². The van der Waals surface area contributed by atoms with Crippen LogP contribution in [0.5, 0.6) is 0 Å². The quantitative estimate of drug-likeness (QED) is 0.673. The molecule has 0 bridgehead atoms. The molecule has 1 aromatic rings. The molecule has 0 spiro atoms. The summed E-state index contributed by atoms with van der Waals surface area (Å²) < 4.78 is 22.1. The number of nitrogens with zero attached hydrogens (tertiary/aromatic N) is 3. The zero-order valence-corrected chi connectivity index (χ0v) is 7.73. The number of hydrogen-bond acceptors (Lipinski definition) is 4. The molecular weight excluding hydrogens is 190 g/mol. The highest BCUT2D eigenvalue weighted by molar-refractivity contribution is 7.74. The zero-order chi connectivity index (χ0) is 9.84. The number of thiol groups is 1. The Balaban J connectivity index is 3.22. The second-order valence-corrected chi connectivity index (χ2v) is 3.32. The molecule has 0 unspecified atom stereocenters. The number of pyridine rings is 1. The Morgan fingerprint density at radius 3 is 2.85 bits per heavy atom. The molecule has 1 rings (SSSR count). The molecule has 0 aliphatic rings. The first-order valence-electron chi connectivity index (χ1n) is 3.40. The maximum absolute atomic E-state index is 10.6. The van der Waals surface area contributed by atoms with Crippen molar-refractivity contribution in [1.82, 2.24) is 4.98 Å². The van der Waals surface area contributed by atoms with Gasteiger partial charge in [-0.15, -0.1) is 0 Å². The lowest BCUT2D eigenvalue weighted by Crippen LogP contribution is -2.16. The van der Waals surface area contributed by atoms with E-state index >= 15 is 0 Å². The Kier molecular flexibility index (Phi) is 2.82. The van der Waals surface area contributed by atoms with Crippen molar-refractivity contribution in [2.24, 2.45) is 0 Å². The molecule has 0 amide bonds. The minimum absolute atomic E-state index is 0.154. The summed E-state index contributed by atoms with van der Waals surface area (Å²) in [5.41, 5.74) is 0.240. The third kappa shape index (κ3) is 1.95. The Labute approximate surface area is 77.3 Å². The molecule has 0 radical (unpaired) electrons. The maximum Gasteiger partial charge on any atom is 0.225 e. The standard InChI is InChI=1S/C7H7N3O2S/c1-10(13(11)12)7-6(5-8)3-2-4-9-7/h2-4,13H,1H3. The topological polar surface area (TPSA) is 74.1 Å². The van der Waals surface area contributed by atoms with Crippen molar-refractivity contribution >= 4 is 16.7 Å². The van der Waals surface area contributed by atoms with Crippen LogP contribution in [0.4, 0.5) is 5.82 Å². The number of nitriles is 1. The monoisotopic (exact) mass is 197 g/mol. The normalized spacial score (nSPS) is 9.62. The number of anilines is 1. The summed E-state index contributed by atoms with van der Waals surface area (Å²) in [7, 11) is -1.40. The van der Waals surface area contributed by atoms with Crippen molar-refractivity contribution in [2.75, 3.05) is 11.4 Å². The summed E-state index contributed by atoms with van der Waals surface area (Å²) in [4.78, 5) is 3.79. The van der Waals surface area contributed by atoms with Crippen molar-refractivity contribution in [3.8, 4) is 6.07 Å². The molecule has 0 aliphatic carbocycles. The van der Waals surface area contributed by atoms with E-state index in [-0.39, 0.29) is 11.4 Å². The van der Waals surface area contributed by atoms with Gasteiger partial charge < -0.3 is 0 Å². The molecule has 13 heavy (non-hydrogen) atoms. The summed E-state index contributed by atoms with van der Waals surface area (Å²) >= 11 is 0. The third-order valence-electron chi connectivity index (χ3n) is 1.46. The Bertz CT molecular complexity index is 414. The summed E-state index contributed by atoms with van der Waals surface area (Å²) in [6.45, 7) is 0. The molecule has 1 heterocycles. The molecule has 0 aromatic carbocycles. The fourth-order valence-corrected chi connectivity index (χ4v) is 1.13. The first-order valence-corrected chi connectivity index (χ1v) is 4.53. The summed E-state index contributed by atoms with van der Waals surface area (Å²) in [5, 5.41) is 8.64. The van der Waals surface area contributed by atoms with E-state index in [1.54, 1.807) is 6.07 Å². The molecule has 68 valence electrons. The van der Waals surface area contributed by atoms with Crippen LogP contribution in [0, 0.1) is 11.3 Å². The fourth-order valence-electron chi connectivity index (χ4n) is 0.819. The average Bonchev–Trinajstić information content (AvgIpc) is 2.16. The van der Waals surface area contributed by atoms with Gasteiger partial charge in [-0.25, -0.2) is 13.4 Å². The Morgan fingerprint density at radius 2 is 2.31 bits per heavy atom. The van der Waals surface area contributed by atoms with Gasteiger partial charge in [-0.2, -0.15) is 5.26 Å². The summed E-state index contributed by atoms with van der Waals surface area (Å²) in [6, 6.07) is 4.95. The number of rotatable bonds is 2. The van der Waals surface area contributed by atoms with Gasteiger partial charge in [-0.3, -0.25) is 4.31 Å². The second-order valence-electron chi connectivity index (χ2n) is 2.25.